The molecule has 2 nitrogen and oxygen atoms in total. The molecule has 1 rings (SSSR count). The average molecular weight is 248 g/mol. The summed E-state index contributed by atoms with van der Waals surface area (Å²) in [4.78, 5) is 14.2. The maximum Gasteiger partial charge on any atom is 0.223 e. The molecule has 0 saturated carbocycles. The number of hydrogen-bond acceptors (Lipinski definition) is 1. The standard InChI is InChI=1S/C10H18BrNO/c1-10(2,3)6-9(13)12-5-4-8(11)7-12/h8H,4-7H2,1-3H3. The third-order valence-corrected chi connectivity index (χ3v) is 2.91. The van der Waals surface area contributed by atoms with Gasteiger partial charge in [-0.1, -0.05) is 36.7 Å². The van der Waals surface area contributed by atoms with Crippen LogP contribution >= 0.6 is 15.9 Å². The van der Waals surface area contributed by atoms with Crippen LogP contribution in [0.1, 0.15) is 33.6 Å². The van der Waals surface area contributed by atoms with Gasteiger partial charge in [0, 0.05) is 24.3 Å². The lowest BCUT2D eigenvalue weighted by Gasteiger charge is -2.22. The molecule has 1 fully saturated rings. The highest BCUT2D eigenvalue weighted by Crippen LogP contribution is 2.23. The summed E-state index contributed by atoms with van der Waals surface area (Å²) in [5.74, 6) is 0.300. The molecule has 0 radical (unpaired) electrons. The quantitative estimate of drug-likeness (QED) is 0.652. The summed E-state index contributed by atoms with van der Waals surface area (Å²) >= 11 is 3.53. The fraction of sp³-hybridized carbons (Fsp3) is 0.900. The Labute approximate surface area is 88.8 Å². The van der Waals surface area contributed by atoms with E-state index < -0.39 is 0 Å². The zero-order valence-electron chi connectivity index (χ0n) is 8.64. The summed E-state index contributed by atoms with van der Waals surface area (Å²) in [6, 6.07) is 0. The fourth-order valence-corrected chi connectivity index (χ4v) is 2.06. The van der Waals surface area contributed by atoms with Gasteiger partial charge in [-0.25, -0.2) is 0 Å². The maximum absolute atomic E-state index is 11.7. The molecule has 1 amide bonds. The lowest BCUT2D eigenvalue weighted by Crippen LogP contribution is -2.31. The Morgan fingerprint density at radius 1 is 1.54 bits per heavy atom. The fourth-order valence-electron chi connectivity index (χ4n) is 1.51. The van der Waals surface area contributed by atoms with Crippen LogP contribution in [0.2, 0.25) is 0 Å². The second kappa shape index (κ2) is 3.99. The third-order valence-electron chi connectivity index (χ3n) is 2.17. The molecule has 13 heavy (non-hydrogen) atoms. The Morgan fingerprint density at radius 3 is 2.54 bits per heavy atom. The van der Waals surface area contributed by atoms with Crippen LogP contribution in [0.4, 0.5) is 0 Å². The third kappa shape index (κ3) is 3.67. The minimum Gasteiger partial charge on any atom is -0.342 e. The monoisotopic (exact) mass is 247 g/mol. The van der Waals surface area contributed by atoms with Crippen LogP contribution in [-0.4, -0.2) is 28.7 Å². The lowest BCUT2D eigenvalue weighted by molar-refractivity contribution is -0.131. The van der Waals surface area contributed by atoms with Crippen LogP contribution in [0, 0.1) is 5.41 Å². The van der Waals surface area contributed by atoms with Gasteiger partial charge in [-0.3, -0.25) is 4.79 Å². The van der Waals surface area contributed by atoms with Gasteiger partial charge in [0.2, 0.25) is 5.91 Å². The molecule has 0 aromatic rings. The van der Waals surface area contributed by atoms with Crippen LogP contribution < -0.4 is 0 Å². The van der Waals surface area contributed by atoms with E-state index in [4.69, 9.17) is 0 Å². The van der Waals surface area contributed by atoms with Crippen molar-refractivity contribution in [3.63, 3.8) is 0 Å². The van der Waals surface area contributed by atoms with Crippen LogP contribution in [0.3, 0.4) is 0 Å². The predicted molar refractivity (Wildman–Crippen MR) is 58.0 cm³/mol. The van der Waals surface area contributed by atoms with Crippen molar-refractivity contribution < 1.29 is 4.79 Å². The van der Waals surface area contributed by atoms with E-state index in [9.17, 15) is 4.79 Å². The maximum atomic E-state index is 11.7. The molecule has 1 heterocycles. The predicted octanol–water partition coefficient (Wildman–Crippen LogP) is 2.42. The molecule has 0 N–H and O–H groups in total. The molecular formula is C10H18BrNO. The first kappa shape index (κ1) is 11.0. The first-order valence-corrected chi connectivity index (χ1v) is 5.72. The Kier molecular flexibility index (Phi) is 3.38. The number of likely N-dealkylation sites (tertiary alicyclic amines) is 1. The molecule has 1 aliphatic heterocycles. The van der Waals surface area contributed by atoms with Gasteiger partial charge in [0.05, 0.1) is 0 Å². The van der Waals surface area contributed by atoms with Gasteiger partial charge in [-0.05, 0) is 11.8 Å². The average Bonchev–Trinajstić information content (AvgIpc) is 2.31. The highest BCUT2D eigenvalue weighted by atomic mass is 79.9. The highest BCUT2D eigenvalue weighted by molar-refractivity contribution is 9.09. The minimum atomic E-state index is 0.113. The number of nitrogens with zero attached hydrogens (tertiary/aromatic N) is 1. The van der Waals surface area contributed by atoms with Gasteiger partial charge in [0.15, 0.2) is 0 Å². The molecule has 0 spiro atoms. The Hall–Kier alpha value is -0.0500. The van der Waals surface area contributed by atoms with Crippen molar-refractivity contribution >= 4 is 21.8 Å². The van der Waals surface area contributed by atoms with Crippen molar-refractivity contribution in [2.24, 2.45) is 5.41 Å². The molecule has 0 aromatic heterocycles. The Balaban J connectivity index is 2.41. The molecule has 1 unspecified atom stereocenters. The van der Waals surface area contributed by atoms with Crippen molar-refractivity contribution in [1.29, 1.82) is 0 Å². The number of carbonyl (C=O) groups is 1. The number of carbonyl (C=O) groups excluding carboxylic acids is 1. The topological polar surface area (TPSA) is 20.3 Å². The molecule has 0 aliphatic carbocycles. The van der Waals surface area contributed by atoms with E-state index in [2.05, 4.69) is 36.7 Å². The number of rotatable bonds is 1. The highest BCUT2D eigenvalue weighted by Gasteiger charge is 2.26. The van der Waals surface area contributed by atoms with Crippen molar-refractivity contribution in [3.05, 3.63) is 0 Å². The normalized spacial score (nSPS) is 23.7. The van der Waals surface area contributed by atoms with Crippen molar-refractivity contribution in [2.75, 3.05) is 13.1 Å². The molecule has 0 aromatic carbocycles. The van der Waals surface area contributed by atoms with Crippen molar-refractivity contribution in [3.8, 4) is 0 Å². The summed E-state index contributed by atoms with van der Waals surface area (Å²) in [6.45, 7) is 8.12. The van der Waals surface area contributed by atoms with E-state index in [0.29, 0.717) is 17.2 Å². The number of hydrogen-bond donors (Lipinski definition) is 0. The van der Waals surface area contributed by atoms with Gasteiger partial charge < -0.3 is 4.90 Å². The number of halogens is 1. The molecule has 1 aliphatic rings. The summed E-state index contributed by atoms with van der Waals surface area (Å²) in [6.07, 6.45) is 1.75. The van der Waals surface area contributed by atoms with Gasteiger partial charge in [-0.2, -0.15) is 0 Å². The smallest absolute Gasteiger partial charge is 0.223 e. The van der Waals surface area contributed by atoms with Crippen molar-refractivity contribution in [2.45, 2.75) is 38.4 Å². The molecule has 1 saturated heterocycles. The molecule has 3 heteroatoms. The second-order valence-corrected chi connectivity index (χ2v) is 6.26. The SMILES string of the molecule is CC(C)(C)CC(=O)N1CCC(Br)C1. The van der Waals surface area contributed by atoms with Gasteiger partial charge in [-0.15, -0.1) is 0 Å². The molecular weight excluding hydrogens is 230 g/mol. The lowest BCUT2D eigenvalue weighted by atomic mass is 9.92. The molecule has 1 atom stereocenters. The number of alkyl halides is 1. The van der Waals surface area contributed by atoms with Crippen LogP contribution in [-0.2, 0) is 4.79 Å². The van der Waals surface area contributed by atoms with Gasteiger partial charge >= 0.3 is 0 Å². The second-order valence-electron chi connectivity index (χ2n) is 4.96. The minimum absolute atomic E-state index is 0.113. The zero-order chi connectivity index (χ0) is 10.1. The number of amides is 1. The summed E-state index contributed by atoms with van der Waals surface area (Å²) in [5, 5.41) is 0. The van der Waals surface area contributed by atoms with Gasteiger partial charge in [0.1, 0.15) is 0 Å². The molecule has 0 bridgehead atoms. The largest absolute Gasteiger partial charge is 0.342 e. The zero-order valence-corrected chi connectivity index (χ0v) is 10.2. The Morgan fingerprint density at radius 2 is 2.15 bits per heavy atom. The summed E-state index contributed by atoms with van der Waals surface area (Å²) in [5.41, 5.74) is 0.113. The molecule has 76 valence electrons. The Bertz CT molecular complexity index is 198. The van der Waals surface area contributed by atoms with E-state index in [0.717, 1.165) is 19.5 Å². The van der Waals surface area contributed by atoms with E-state index in [-0.39, 0.29) is 5.41 Å². The van der Waals surface area contributed by atoms with Crippen LogP contribution in [0.25, 0.3) is 0 Å². The first-order chi connectivity index (χ1) is 5.88. The summed E-state index contributed by atoms with van der Waals surface area (Å²) < 4.78 is 0. The van der Waals surface area contributed by atoms with Crippen LogP contribution in [0.15, 0.2) is 0 Å². The van der Waals surface area contributed by atoms with Crippen molar-refractivity contribution in [1.82, 2.24) is 4.90 Å². The summed E-state index contributed by atoms with van der Waals surface area (Å²) in [7, 11) is 0. The van der Waals surface area contributed by atoms with Crippen LogP contribution in [0.5, 0.6) is 0 Å². The van der Waals surface area contributed by atoms with E-state index in [1.165, 1.54) is 0 Å². The van der Waals surface area contributed by atoms with E-state index in [1.807, 2.05) is 4.90 Å². The first-order valence-electron chi connectivity index (χ1n) is 4.80. The van der Waals surface area contributed by atoms with E-state index >= 15 is 0 Å². The van der Waals surface area contributed by atoms with E-state index in [1.54, 1.807) is 0 Å². The van der Waals surface area contributed by atoms with Gasteiger partial charge in [0.25, 0.3) is 0 Å².